The first-order valence-electron chi connectivity index (χ1n) is 13.5. The predicted octanol–water partition coefficient (Wildman–Crippen LogP) is 3.72. The number of nitrogens with one attached hydrogen (secondary N) is 1. The van der Waals surface area contributed by atoms with E-state index >= 15 is 0 Å². The zero-order valence-electron chi connectivity index (χ0n) is 23.6. The fourth-order valence-electron chi connectivity index (χ4n) is 5.70. The number of ketones is 1. The number of pyridine rings is 2. The number of likely N-dealkylation sites (tertiary alicyclic amines) is 1. The van der Waals surface area contributed by atoms with E-state index in [1.54, 1.807) is 42.7 Å². The Bertz CT molecular complexity index is 1740. The molecule has 216 valence electrons. The van der Waals surface area contributed by atoms with Crippen molar-refractivity contribution in [1.82, 2.24) is 34.6 Å². The molecule has 2 amide bonds. The molecule has 1 saturated heterocycles. The summed E-state index contributed by atoms with van der Waals surface area (Å²) in [5.74, 6) is 0.246. The highest BCUT2D eigenvalue weighted by molar-refractivity contribution is 9.10. The summed E-state index contributed by atoms with van der Waals surface area (Å²) in [6, 6.07) is 4.76. The van der Waals surface area contributed by atoms with E-state index in [-0.39, 0.29) is 41.3 Å². The van der Waals surface area contributed by atoms with Gasteiger partial charge in [0.15, 0.2) is 11.6 Å². The van der Waals surface area contributed by atoms with Crippen LogP contribution in [0.25, 0.3) is 22.2 Å². The lowest BCUT2D eigenvalue weighted by Crippen LogP contribution is -2.47. The summed E-state index contributed by atoms with van der Waals surface area (Å²) in [4.78, 5) is 59.0. The van der Waals surface area contributed by atoms with Crippen LogP contribution < -0.4 is 5.32 Å². The minimum absolute atomic E-state index is 0.0303. The van der Waals surface area contributed by atoms with E-state index in [2.05, 4.69) is 53.2 Å². The number of carbonyl (C=O) groups is 3. The number of halogens is 1. The van der Waals surface area contributed by atoms with E-state index < -0.39 is 6.04 Å². The largest absolute Gasteiger partial charge is 0.377 e. The van der Waals surface area contributed by atoms with Crippen LogP contribution in [0.5, 0.6) is 0 Å². The molecular formula is C29H29BrN8O4. The van der Waals surface area contributed by atoms with Gasteiger partial charge in [-0.1, -0.05) is 13.0 Å². The Morgan fingerprint density at radius 2 is 1.90 bits per heavy atom. The third-order valence-corrected chi connectivity index (χ3v) is 8.50. The summed E-state index contributed by atoms with van der Waals surface area (Å²) >= 11 is 3.35. The molecule has 4 aromatic heterocycles. The van der Waals surface area contributed by atoms with E-state index in [0.29, 0.717) is 51.4 Å². The lowest BCUT2D eigenvalue weighted by atomic mass is 10.0. The van der Waals surface area contributed by atoms with Gasteiger partial charge in [0, 0.05) is 43.4 Å². The number of methoxy groups -OCH3 is 1. The number of anilines is 1. The first kappa shape index (κ1) is 28.0. The monoisotopic (exact) mass is 632 g/mol. The number of fused-ring (bicyclic) bond motifs is 2. The molecule has 2 aliphatic rings. The number of hydrogen-bond acceptors (Lipinski definition) is 9. The van der Waals surface area contributed by atoms with Crippen LogP contribution in [0.3, 0.4) is 0 Å². The van der Waals surface area contributed by atoms with Crippen molar-refractivity contribution in [3.05, 3.63) is 58.5 Å². The second-order valence-electron chi connectivity index (χ2n) is 11.2. The third kappa shape index (κ3) is 5.07. The molecule has 6 rings (SSSR count). The van der Waals surface area contributed by atoms with E-state index in [0.717, 1.165) is 12.0 Å². The number of Topliss-reactive ketones (excluding diaryl/α,β-unsaturated/α-hetero) is 1. The van der Waals surface area contributed by atoms with Crippen molar-refractivity contribution in [1.29, 1.82) is 0 Å². The zero-order valence-corrected chi connectivity index (χ0v) is 25.2. The summed E-state index contributed by atoms with van der Waals surface area (Å²) in [6.45, 7) is 5.56. The number of nitrogens with zero attached hydrogens (tertiary/aromatic N) is 7. The minimum Gasteiger partial charge on any atom is -0.377 e. The summed E-state index contributed by atoms with van der Waals surface area (Å²) in [5.41, 5.74) is 2.74. The van der Waals surface area contributed by atoms with Crippen LogP contribution in [0, 0.1) is 12.3 Å². The van der Waals surface area contributed by atoms with Crippen LogP contribution in [0.2, 0.25) is 0 Å². The highest BCUT2D eigenvalue weighted by Gasteiger charge is 2.64. The molecule has 13 heteroatoms. The maximum Gasteiger partial charge on any atom is 0.248 e. The lowest BCUT2D eigenvalue weighted by molar-refractivity contribution is -0.138. The number of aromatic nitrogens is 6. The van der Waals surface area contributed by atoms with Crippen LogP contribution in [0.15, 0.2) is 41.4 Å². The van der Waals surface area contributed by atoms with Crippen molar-refractivity contribution in [2.24, 2.45) is 5.41 Å². The van der Waals surface area contributed by atoms with Gasteiger partial charge in [-0.15, -0.1) is 0 Å². The zero-order chi connectivity index (χ0) is 29.8. The van der Waals surface area contributed by atoms with Crippen LogP contribution in [-0.4, -0.2) is 71.4 Å². The third-order valence-electron chi connectivity index (χ3n) is 8.06. The standard InChI is InChI=1S/C29H29BrN8O4/c1-15-5-6-23(30)34-27(15)35-28(41)20-8-29(3)9-22(29)38(20)25(40)13-37-21-12-31-19(7-18(21)26(36-37)16(2)39)17-10-32-24(14-42-4)33-11-17/h5-7,10-12,20,22H,8-9,13-14H2,1-4H3,(H,34,35,41)/t20-,22?,29-/m0/s1. The molecule has 4 aromatic rings. The van der Waals surface area contributed by atoms with Crippen LogP contribution in [0.4, 0.5) is 5.82 Å². The summed E-state index contributed by atoms with van der Waals surface area (Å²) < 4.78 is 7.17. The second-order valence-corrected chi connectivity index (χ2v) is 12.0. The molecule has 0 bridgehead atoms. The predicted molar refractivity (Wildman–Crippen MR) is 156 cm³/mol. The molecule has 0 spiro atoms. The SMILES string of the molecule is COCc1ncc(-c2cc3c(C(C)=O)nn(CC(=O)N4C5C[C@]5(C)C[C@H]4C(=O)Nc4nc(Br)ccc4C)c3cn2)cn1. The number of ether oxygens (including phenoxy) is 1. The molecule has 1 N–H and O–H groups in total. The molecular weight excluding hydrogens is 604 g/mol. The topological polar surface area (TPSA) is 145 Å². The van der Waals surface area contributed by atoms with Gasteiger partial charge in [-0.25, -0.2) is 15.0 Å². The Labute approximate surface area is 250 Å². The van der Waals surface area contributed by atoms with Gasteiger partial charge in [0.05, 0.1) is 17.4 Å². The molecule has 2 fully saturated rings. The first-order chi connectivity index (χ1) is 20.1. The molecule has 1 aliphatic carbocycles. The number of amides is 2. The van der Waals surface area contributed by atoms with Gasteiger partial charge < -0.3 is 15.0 Å². The number of aryl methyl sites for hydroxylation is 1. The highest BCUT2D eigenvalue weighted by Crippen LogP contribution is 2.59. The Morgan fingerprint density at radius 1 is 1.14 bits per heavy atom. The molecule has 12 nitrogen and oxygen atoms in total. The van der Waals surface area contributed by atoms with Gasteiger partial charge in [0.2, 0.25) is 11.8 Å². The Kier molecular flexibility index (Phi) is 7.09. The van der Waals surface area contributed by atoms with Crippen molar-refractivity contribution in [2.45, 2.75) is 58.8 Å². The van der Waals surface area contributed by atoms with E-state index in [9.17, 15) is 14.4 Å². The Hall–Kier alpha value is -4.10. The maximum absolute atomic E-state index is 13.8. The van der Waals surface area contributed by atoms with Crippen molar-refractivity contribution >= 4 is 50.2 Å². The van der Waals surface area contributed by atoms with Gasteiger partial charge >= 0.3 is 0 Å². The van der Waals surface area contributed by atoms with Crippen LogP contribution in [0.1, 0.15) is 48.6 Å². The second kappa shape index (κ2) is 10.6. The molecule has 1 aliphatic heterocycles. The van der Waals surface area contributed by atoms with Crippen molar-refractivity contribution < 1.29 is 19.1 Å². The first-order valence-corrected chi connectivity index (χ1v) is 14.3. The van der Waals surface area contributed by atoms with Crippen LogP contribution in [-0.2, 0) is 27.5 Å². The number of hydrogen-bond donors (Lipinski definition) is 1. The average molecular weight is 634 g/mol. The number of rotatable bonds is 8. The normalized spacial score (nSPS) is 20.9. The minimum atomic E-state index is -0.638. The molecule has 42 heavy (non-hydrogen) atoms. The average Bonchev–Trinajstić information content (AvgIpc) is 3.33. The smallest absolute Gasteiger partial charge is 0.248 e. The van der Waals surface area contributed by atoms with E-state index in [4.69, 9.17) is 4.74 Å². The van der Waals surface area contributed by atoms with Crippen molar-refractivity contribution in [2.75, 3.05) is 12.4 Å². The Balaban J connectivity index is 1.27. The molecule has 3 atom stereocenters. The van der Waals surface area contributed by atoms with E-state index in [1.165, 1.54) is 11.6 Å². The molecule has 0 aromatic carbocycles. The van der Waals surface area contributed by atoms with Gasteiger partial charge in [-0.3, -0.25) is 24.0 Å². The van der Waals surface area contributed by atoms with E-state index in [1.807, 2.05) is 13.0 Å². The summed E-state index contributed by atoms with van der Waals surface area (Å²) in [5, 5.41) is 7.99. The molecule has 5 heterocycles. The maximum atomic E-state index is 13.8. The number of carbonyl (C=O) groups excluding carboxylic acids is 3. The van der Waals surface area contributed by atoms with Crippen LogP contribution >= 0.6 is 15.9 Å². The van der Waals surface area contributed by atoms with Gasteiger partial charge in [0.25, 0.3) is 0 Å². The fourth-order valence-corrected chi connectivity index (χ4v) is 6.01. The summed E-state index contributed by atoms with van der Waals surface area (Å²) in [6.07, 6.45) is 6.29. The fraction of sp³-hybridized carbons (Fsp3) is 0.379. The molecule has 1 saturated carbocycles. The quantitative estimate of drug-likeness (QED) is 0.227. The Morgan fingerprint density at radius 3 is 2.62 bits per heavy atom. The van der Waals surface area contributed by atoms with Gasteiger partial charge in [-0.2, -0.15) is 5.10 Å². The van der Waals surface area contributed by atoms with Gasteiger partial charge in [-0.05, 0) is 58.8 Å². The van der Waals surface area contributed by atoms with Crippen molar-refractivity contribution in [3.8, 4) is 11.3 Å². The molecule has 1 unspecified atom stereocenters. The highest BCUT2D eigenvalue weighted by atomic mass is 79.9. The molecule has 0 radical (unpaired) electrons. The van der Waals surface area contributed by atoms with Gasteiger partial charge in [0.1, 0.15) is 35.3 Å². The summed E-state index contributed by atoms with van der Waals surface area (Å²) in [7, 11) is 1.57. The van der Waals surface area contributed by atoms with Crippen molar-refractivity contribution in [3.63, 3.8) is 0 Å². The lowest BCUT2D eigenvalue weighted by Gasteiger charge is -2.27. The number of piperidine rings is 1.